The van der Waals surface area contributed by atoms with Crippen molar-refractivity contribution in [3.8, 4) is 0 Å². The number of likely N-dealkylation sites (tertiary alicyclic amines) is 1. The third-order valence-corrected chi connectivity index (χ3v) is 4.32. The molecular formula is C19H26N4O. The predicted molar refractivity (Wildman–Crippen MR) is 95.5 cm³/mol. The maximum Gasteiger partial charge on any atom is 0.226 e. The van der Waals surface area contributed by atoms with Crippen molar-refractivity contribution in [3.05, 3.63) is 53.7 Å². The van der Waals surface area contributed by atoms with Crippen LogP contribution in [0.15, 0.2) is 40.9 Å². The van der Waals surface area contributed by atoms with Gasteiger partial charge in [0.15, 0.2) is 5.82 Å². The van der Waals surface area contributed by atoms with Gasteiger partial charge in [-0.25, -0.2) is 0 Å². The van der Waals surface area contributed by atoms with Gasteiger partial charge in [-0.05, 0) is 24.9 Å². The van der Waals surface area contributed by atoms with Gasteiger partial charge in [-0.1, -0.05) is 54.6 Å². The molecule has 0 bridgehead atoms. The molecule has 1 aliphatic heterocycles. The highest BCUT2D eigenvalue weighted by Crippen LogP contribution is 2.13. The van der Waals surface area contributed by atoms with Crippen molar-refractivity contribution in [3.63, 3.8) is 0 Å². The number of aromatic nitrogens is 2. The fraction of sp³-hybridized carbons (Fsp3) is 0.474. The first-order chi connectivity index (χ1) is 11.8. The highest BCUT2D eigenvalue weighted by molar-refractivity contribution is 5.48. The zero-order chi connectivity index (χ0) is 16.6. The average molecular weight is 326 g/mol. The van der Waals surface area contributed by atoms with E-state index in [9.17, 15) is 0 Å². The number of hydrogen-bond donors (Lipinski definition) is 1. The van der Waals surface area contributed by atoms with E-state index < -0.39 is 0 Å². The first-order valence-corrected chi connectivity index (χ1v) is 8.82. The van der Waals surface area contributed by atoms with E-state index in [1.54, 1.807) is 0 Å². The third-order valence-electron chi connectivity index (χ3n) is 4.32. The number of benzene rings is 1. The van der Waals surface area contributed by atoms with Crippen LogP contribution in [0.1, 0.15) is 37.0 Å². The Bertz CT molecular complexity index is 638. The molecule has 0 saturated carbocycles. The second-order valence-corrected chi connectivity index (χ2v) is 6.25. The van der Waals surface area contributed by atoms with E-state index >= 15 is 0 Å². The number of hydrogen-bond acceptors (Lipinski definition) is 5. The van der Waals surface area contributed by atoms with Gasteiger partial charge in [-0.3, -0.25) is 4.90 Å². The maximum atomic E-state index is 5.19. The molecule has 0 unspecified atom stereocenters. The molecule has 1 saturated heterocycles. The summed E-state index contributed by atoms with van der Waals surface area (Å²) in [6.07, 6.45) is 7.59. The van der Waals surface area contributed by atoms with Crippen molar-refractivity contribution in [2.45, 2.75) is 38.8 Å². The number of aryl methyl sites for hydroxylation is 1. The minimum Gasteiger partial charge on any atom is -0.339 e. The Morgan fingerprint density at radius 3 is 3.00 bits per heavy atom. The summed E-state index contributed by atoms with van der Waals surface area (Å²) >= 11 is 0. The molecule has 1 atom stereocenters. The SMILES string of the molecule is CCc1nc(CN2CCC[C@H](NC/C=C/c3ccccc3)C2)no1. The van der Waals surface area contributed by atoms with E-state index in [4.69, 9.17) is 4.52 Å². The Labute approximate surface area is 143 Å². The predicted octanol–water partition coefficient (Wildman–Crippen LogP) is 2.90. The molecule has 1 aliphatic rings. The van der Waals surface area contributed by atoms with Gasteiger partial charge in [0.05, 0.1) is 6.54 Å². The van der Waals surface area contributed by atoms with Crippen LogP contribution in [0, 0.1) is 0 Å². The normalized spacial score (nSPS) is 19.1. The van der Waals surface area contributed by atoms with Crippen LogP contribution in [-0.4, -0.2) is 40.7 Å². The van der Waals surface area contributed by atoms with E-state index in [1.807, 2.05) is 13.0 Å². The smallest absolute Gasteiger partial charge is 0.226 e. The number of piperidine rings is 1. The molecule has 2 heterocycles. The molecule has 1 aromatic heterocycles. The van der Waals surface area contributed by atoms with E-state index in [-0.39, 0.29) is 0 Å². The van der Waals surface area contributed by atoms with Gasteiger partial charge in [-0.2, -0.15) is 4.98 Å². The molecule has 0 radical (unpaired) electrons. The lowest BCUT2D eigenvalue weighted by molar-refractivity contribution is 0.180. The Balaban J connectivity index is 1.42. The summed E-state index contributed by atoms with van der Waals surface area (Å²) in [7, 11) is 0. The van der Waals surface area contributed by atoms with Crippen LogP contribution in [-0.2, 0) is 13.0 Å². The molecule has 2 aromatic rings. The summed E-state index contributed by atoms with van der Waals surface area (Å²) < 4.78 is 5.19. The van der Waals surface area contributed by atoms with E-state index in [1.165, 1.54) is 18.4 Å². The minimum atomic E-state index is 0.525. The van der Waals surface area contributed by atoms with E-state index in [0.717, 1.165) is 44.3 Å². The number of nitrogens with one attached hydrogen (secondary N) is 1. The molecule has 3 rings (SSSR count). The van der Waals surface area contributed by atoms with Gasteiger partial charge in [0.25, 0.3) is 0 Å². The fourth-order valence-electron chi connectivity index (χ4n) is 3.06. The topological polar surface area (TPSA) is 54.2 Å². The lowest BCUT2D eigenvalue weighted by Gasteiger charge is -2.32. The van der Waals surface area contributed by atoms with E-state index in [2.05, 4.69) is 56.8 Å². The Morgan fingerprint density at radius 1 is 1.33 bits per heavy atom. The second kappa shape index (κ2) is 8.76. The molecule has 1 N–H and O–H groups in total. The lowest BCUT2D eigenvalue weighted by atomic mass is 10.1. The van der Waals surface area contributed by atoms with Crippen LogP contribution in [0.4, 0.5) is 0 Å². The summed E-state index contributed by atoms with van der Waals surface area (Å²) in [4.78, 5) is 6.81. The molecule has 24 heavy (non-hydrogen) atoms. The van der Waals surface area contributed by atoms with Crippen molar-refractivity contribution >= 4 is 6.08 Å². The molecule has 0 aliphatic carbocycles. The van der Waals surface area contributed by atoms with Gasteiger partial charge < -0.3 is 9.84 Å². The van der Waals surface area contributed by atoms with Crippen LogP contribution < -0.4 is 5.32 Å². The Kier molecular flexibility index (Phi) is 6.15. The standard InChI is InChI=1S/C19H26N4O/c1-2-19-21-18(22-24-19)15-23-13-7-11-17(14-23)20-12-6-10-16-8-4-3-5-9-16/h3-6,8-10,17,20H,2,7,11-15H2,1H3/b10-6+/t17-/m0/s1. The van der Waals surface area contributed by atoms with Crippen molar-refractivity contribution < 1.29 is 4.52 Å². The van der Waals surface area contributed by atoms with Crippen molar-refractivity contribution in [2.75, 3.05) is 19.6 Å². The van der Waals surface area contributed by atoms with Gasteiger partial charge in [-0.15, -0.1) is 0 Å². The second-order valence-electron chi connectivity index (χ2n) is 6.25. The molecule has 1 aromatic carbocycles. The molecule has 0 amide bonds. The van der Waals surface area contributed by atoms with Gasteiger partial charge in [0, 0.05) is 25.6 Å². The van der Waals surface area contributed by atoms with Gasteiger partial charge in [0.2, 0.25) is 5.89 Å². The summed E-state index contributed by atoms with van der Waals surface area (Å²) in [5, 5.41) is 7.69. The Morgan fingerprint density at radius 2 is 2.21 bits per heavy atom. The van der Waals surface area contributed by atoms with Gasteiger partial charge in [0.1, 0.15) is 0 Å². The average Bonchev–Trinajstić information content (AvgIpc) is 3.08. The number of rotatable bonds is 7. The molecule has 128 valence electrons. The minimum absolute atomic E-state index is 0.525. The highest BCUT2D eigenvalue weighted by Gasteiger charge is 2.20. The summed E-state index contributed by atoms with van der Waals surface area (Å²) in [6, 6.07) is 10.9. The molecule has 5 nitrogen and oxygen atoms in total. The zero-order valence-corrected chi connectivity index (χ0v) is 14.3. The van der Waals surface area contributed by atoms with Crippen molar-refractivity contribution in [2.24, 2.45) is 0 Å². The van der Waals surface area contributed by atoms with Crippen LogP contribution in [0.25, 0.3) is 6.08 Å². The lowest BCUT2D eigenvalue weighted by Crippen LogP contribution is -2.45. The largest absolute Gasteiger partial charge is 0.339 e. The van der Waals surface area contributed by atoms with Gasteiger partial charge >= 0.3 is 0 Å². The van der Waals surface area contributed by atoms with Crippen LogP contribution in [0.2, 0.25) is 0 Å². The monoisotopic (exact) mass is 326 g/mol. The summed E-state index contributed by atoms with van der Waals surface area (Å²) in [5.41, 5.74) is 1.24. The first-order valence-electron chi connectivity index (χ1n) is 8.82. The van der Waals surface area contributed by atoms with Crippen molar-refractivity contribution in [1.29, 1.82) is 0 Å². The molecule has 0 spiro atoms. The van der Waals surface area contributed by atoms with Crippen LogP contribution in [0.5, 0.6) is 0 Å². The van der Waals surface area contributed by atoms with Crippen LogP contribution >= 0.6 is 0 Å². The molecular weight excluding hydrogens is 300 g/mol. The highest BCUT2D eigenvalue weighted by atomic mass is 16.5. The Hall–Kier alpha value is -1.98. The third kappa shape index (κ3) is 5.01. The number of nitrogens with zero attached hydrogens (tertiary/aromatic N) is 3. The summed E-state index contributed by atoms with van der Waals surface area (Å²) in [5.74, 6) is 1.53. The first kappa shape index (κ1) is 16.9. The maximum absolute atomic E-state index is 5.19. The van der Waals surface area contributed by atoms with E-state index in [0.29, 0.717) is 6.04 Å². The summed E-state index contributed by atoms with van der Waals surface area (Å²) in [6.45, 7) is 5.85. The molecule has 5 heteroatoms. The molecule has 1 fully saturated rings. The van der Waals surface area contributed by atoms with Crippen LogP contribution in [0.3, 0.4) is 0 Å². The zero-order valence-electron chi connectivity index (χ0n) is 14.3. The quantitative estimate of drug-likeness (QED) is 0.848. The van der Waals surface area contributed by atoms with Crippen molar-refractivity contribution in [1.82, 2.24) is 20.4 Å². The fourth-order valence-corrected chi connectivity index (χ4v) is 3.06.